The first kappa shape index (κ1) is 18.3. The van der Waals surface area contributed by atoms with E-state index >= 15 is 0 Å². The summed E-state index contributed by atoms with van der Waals surface area (Å²) in [6.45, 7) is 9.07. The van der Waals surface area contributed by atoms with Crippen molar-refractivity contribution in [1.29, 1.82) is 0 Å². The van der Waals surface area contributed by atoms with E-state index in [1.807, 2.05) is 51.1 Å². The van der Waals surface area contributed by atoms with Crippen LogP contribution in [0.2, 0.25) is 0 Å². The fourth-order valence-electron chi connectivity index (χ4n) is 2.24. The fourth-order valence-corrected chi connectivity index (χ4v) is 2.24. The molecule has 0 radical (unpaired) electrons. The summed E-state index contributed by atoms with van der Waals surface area (Å²) in [5.74, 6) is 0.801. The van der Waals surface area contributed by atoms with Crippen molar-refractivity contribution in [3.05, 3.63) is 35.9 Å². The summed E-state index contributed by atoms with van der Waals surface area (Å²) < 4.78 is 11.0. The third-order valence-corrected chi connectivity index (χ3v) is 3.35. The van der Waals surface area contributed by atoms with Gasteiger partial charge in [-0.2, -0.15) is 0 Å². The first-order valence-corrected chi connectivity index (χ1v) is 8.31. The Labute approximate surface area is 143 Å². The van der Waals surface area contributed by atoms with Gasteiger partial charge in [-0.15, -0.1) is 0 Å². The highest BCUT2D eigenvalue weighted by molar-refractivity contribution is 5.87. The molecule has 1 aromatic carbocycles. The number of nitrogens with zero attached hydrogens (tertiary/aromatic N) is 2. The zero-order chi connectivity index (χ0) is 17.4. The third-order valence-electron chi connectivity index (χ3n) is 3.35. The molecule has 0 aromatic heterocycles. The van der Waals surface area contributed by atoms with Crippen LogP contribution < -0.4 is 5.32 Å². The first-order valence-electron chi connectivity index (χ1n) is 8.31. The number of carbonyl (C=O) groups excluding carboxylic acids is 1. The quantitative estimate of drug-likeness (QED) is 0.841. The maximum Gasteiger partial charge on any atom is 0.410 e. The number of carbonyl (C=O) groups is 1. The van der Waals surface area contributed by atoms with Crippen molar-refractivity contribution >= 4 is 11.9 Å². The van der Waals surface area contributed by atoms with Crippen molar-refractivity contribution in [2.45, 2.75) is 33.0 Å². The summed E-state index contributed by atoms with van der Waals surface area (Å²) in [6.07, 6.45) is -0.294. The summed E-state index contributed by atoms with van der Waals surface area (Å²) in [5, 5.41) is 3.23. The van der Waals surface area contributed by atoms with Gasteiger partial charge in [0.25, 0.3) is 0 Å². The van der Waals surface area contributed by atoms with Gasteiger partial charge in [0.05, 0.1) is 26.3 Å². The first-order chi connectivity index (χ1) is 11.4. The van der Waals surface area contributed by atoms with Crippen molar-refractivity contribution in [3.8, 4) is 0 Å². The predicted molar refractivity (Wildman–Crippen MR) is 94.2 cm³/mol. The molecule has 0 spiro atoms. The second-order valence-electron chi connectivity index (χ2n) is 6.70. The van der Waals surface area contributed by atoms with Gasteiger partial charge in [-0.1, -0.05) is 30.3 Å². The van der Waals surface area contributed by atoms with Gasteiger partial charge in [-0.3, -0.25) is 9.89 Å². The lowest BCUT2D eigenvalue weighted by Gasteiger charge is -2.29. The van der Waals surface area contributed by atoms with Crippen LogP contribution in [0.25, 0.3) is 0 Å². The Morgan fingerprint density at radius 2 is 2.04 bits per heavy atom. The number of rotatable bonds is 5. The molecule has 6 heteroatoms. The van der Waals surface area contributed by atoms with E-state index < -0.39 is 5.60 Å². The van der Waals surface area contributed by atoms with Gasteiger partial charge in [0.2, 0.25) is 0 Å². The molecule has 0 atom stereocenters. The van der Waals surface area contributed by atoms with Crippen LogP contribution in [-0.4, -0.2) is 55.2 Å². The van der Waals surface area contributed by atoms with Gasteiger partial charge in [-0.25, -0.2) is 4.79 Å². The smallest absolute Gasteiger partial charge is 0.410 e. The average molecular weight is 333 g/mol. The fraction of sp³-hybridized carbons (Fsp3) is 0.556. The SMILES string of the molecule is CC(C)(C)OC(=O)N1CCN=C(NCCOCc2ccccc2)C1. The van der Waals surface area contributed by atoms with E-state index in [0.717, 1.165) is 11.4 Å². The number of ether oxygens (including phenoxy) is 2. The second kappa shape index (κ2) is 8.68. The molecule has 0 saturated heterocycles. The van der Waals surface area contributed by atoms with E-state index in [1.165, 1.54) is 0 Å². The molecular weight excluding hydrogens is 306 g/mol. The van der Waals surface area contributed by atoms with Crippen LogP contribution >= 0.6 is 0 Å². The molecule has 1 amide bonds. The Bertz CT molecular complexity index is 552. The molecular formula is C18H27N3O3. The van der Waals surface area contributed by atoms with Crippen molar-refractivity contribution in [1.82, 2.24) is 10.2 Å². The molecule has 2 rings (SSSR count). The highest BCUT2D eigenvalue weighted by Crippen LogP contribution is 2.10. The van der Waals surface area contributed by atoms with Crippen LogP contribution in [0.5, 0.6) is 0 Å². The number of hydrogen-bond donors (Lipinski definition) is 1. The highest BCUT2D eigenvalue weighted by atomic mass is 16.6. The van der Waals surface area contributed by atoms with Gasteiger partial charge < -0.3 is 14.8 Å². The van der Waals surface area contributed by atoms with Gasteiger partial charge in [0, 0.05) is 13.1 Å². The van der Waals surface area contributed by atoms with E-state index in [1.54, 1.807) is 4.90 Å². The van der Waals surface area contributed by atoms with Crippen LogP contribution in [0.3, 0.4) is 0 Å². The average Bonchev–Trinajstić information content (AvgIpc) is 2.54. The van der Waals surface area contributed by atoms with Crippen LogP contribution in [-0.2, 0) is 16.1 Å². The number of aliphatic imine (C=N–C) groups is 1. The van der Waals surface area contributed by atoms with Crippen LogP contribution in [0.4, 0.5) is 4.79 Å². The zero-order valence-corrected chi connectivity index (χ0v) is 14.7. The molecule has 0 aliphatic carbocycles. The molecule has 132 valence electrons. The molecule has 0 fully saturated rings. The summed E-state index contributed by atoms with van der Waals surface area (Å²) in [4.78, 5) is 18.2. The minimum atomic E-state index is -0.482. The lowest BCUT2D eigenvalue weighted by molar-refractivity contribution is 0.0276. The summed E-state index contributed by atoms with van der Waals surface area (Å²) in [5.41, 5.74) is 0.675. The van der Waals surface area contributed by atoms with Crippen LogP contribution in [0.15, 0.2) is 35.3 Å². The monoisotopic (exact) mass is 333 g/mol. The van der Waals surface area contributed by atoms with Crippen molar-refractivity contribution in [3.63, 3.8) is 0 Å². The summed E-state index contributed by atoms with van der Waals surface area (Å²) in [6, 6.07) is 10.1. The van der Waals surface area contributed by atoms with Gasteiger partial charge >= 0.3 is 6.09 Å². The van der Waals surface area contributed by atoms with Crippen LogP contribution in [0, 0.1) is 0 Å². The van der Waals surface area contributed by atoms with Gasteiger partial charge in [-0.05, 0) is 26.3 Å². The molecule has 0 bridgehead atoms. The minimum absolute atomic E-state index is 0.294. The Balaban J connectivity index is 1.66. The lowest BCUT2D eigenvalue weighted by atomic mass is 10.2. The summed E-state index contributed by atoms with van der Waals surface area (Å²) >= 11 is 0. The van der Waals surface area contributed by atoms with E-state index in [2.05, 4.69) is 10.3 Å². The molecule has 1 aliphatic heterocycles. The van der Waals surface area contributed by atoms with E-state index in [0.29, 0.717) is 39.4 Å². The molecule has 24 heavy (non-hydrogen) atoms. The normalized spacial score (nSPS) is 15.0. The predicted octanol–water partition coefficient (Wildman–Crippen LogP) is 2.44. The number of amides is 1. The maximum atomic E-state index is 12.1. The lowest BCUT2D eigenvalue weighted by Crippen LogP contribution is -2.47. The van der Waals surface area contributed by atoms with Crippen molar-refractivity contribution in [2.24, 2.45) is 4.99 Å². The molecule has 6 nitrogen and oxygen atoms in total. The Morgan fingerprint density at radius 1 is 1.29 bits per heavy atom. The number of nitrogens with one attached hydrogen (secondary N) is 1. The number of benzene rings is 1. The number of hydrogen-bond acceptors (Lipinski definition) is 5. The largest absolute Gasteiger partial charge is 0.444 e. The molecule has 1 N–H and O–H groups in total. The van der Waals surface area contributed by atoms with Gasteiger partial charge in [0.1, 0.15) is 11.4 Å². The van der Waals surface area contributed by atoms with E-state index in [-0.39, 0.29) is 6.09 Å². The Hall–Kier alpha value is -2.08. The van der Waals surface area contributed by atoms with E-state index in [4.69, 9.17) is 9.47 Å². The maximum absolute atomic E-state index is 12.1. The standard InChI is InChI=1S/C18H27N3O3/c1-18(2,3)24-17(22)21-11-9-19-16(13-21)20-10-12-23-14-15-7-5-4-6-8-15/h4-8H,9-14H2,1-3H3,(H,19,20). The molecule has 1 aromatic rings. The van der Waals surface area contributed by atoms with E-state index in [9.17, 15) is 4.79 Å². The number of amidine groups is 1. The summed E-state index contributed by atoms with van der Waals surface area (Å²) in [7, 11) is 0. The van der Waals surface area contributed by atoms with Crippen LogP contribution in [0.1, 0.15) is 26.3 Å². The molecule has 1 aliphatic rings. The van der Waals surface area contributed by atoms with Gasteiger partial charge in [0.15, 0.2) is 0 Å². The second-order valence-corrected chi connectivity index (χ2v) is 6.70. The molecule has 0 unspecified atom stereocenters. The highest BCUT2D eigenvalue weighted by Gasteiger charge is 2.24. The molecule has 1 heterocycles. The molecule has 0 saturated carbocycles. The Kier molecular flexibility index (Phi) is 6.61. The minimum Gasteiger partial charge on any atom is -0.444 e. The van der Waals surface area contributed by atoms with Crippen molar-refractivity contribution in [2.75, 3.05) is 32.8 Å². The third kappa shape index (κ3) is 6.58. The zero-order valence-electron chi connectivity index (χ0n) is 14.7. The van der Waals surface area contributed by atoms with Crippen molar-refractivity contribution < 1.29 is 14.3 Å². The topological polar surface area (TPSA) is 63.2 Å². The Morgan fingerprint density at radius 3 is 2.75 bits per heavy atom.